The molecule has 1 aromatic carbocycles. The monoisotopic (exact) mass is 332 g/mol. The molecule has 23 heavy (non-hydrogen) atoms. The van der Waals surface area contributed by atoms with E-state index in [1.807, 2.05) is 32.0 Å². The van der Waals surface area contributed by atoms with Crippen molar-refractivity contribution in [3.05, 3.63) is 52.9 Å². The fourth-order valence-electron chi connectivity index (χ4n) is 2.17. The summed E-state index contributed by atoms with van der Waals surface area (Å²) in [6, 6.07) is 9.20. The van der Waals surface area contributed by atoms with Crippen molar-refractivity contribution >= 4 is 11.6 Å². The lowest BCUT2D eigenvalue weighted by Crippen LogP contribution is -2.05. The highest BCUT2D eigenvalue weighted by Crippen LogP contribution is 2.23. The molecule has 0 radical (unpaired) electrons. The molecule has 0 aliphatic rings. The van der Waals surface area contributed by atoms with Crippen LogP contribution in [0.2, 0.25) is 5.02 Å². The maximum atomic E-state index is 9.99. The van der Waals surface area contributed by atoms with E-state index in [2.05, 4.69) is 15.5 Å². The van der Waals surface area contributed by atoms with E-state index < -0.39 is 6.10 Å². The van der Waals surface area contributed by atoms with Crippen LogP contribution in [0.3, 0.4) is 0 Å². The molecular formula is C16H17ClN4O2. The summed E-state index contributed by atoms with van der Waals surface area (Å²) in [5.74, 6) is 0.753. The second-order valence-corrected chi connectivity index (χ2v) is 6.16. The van der Waals surface area contributed by atoms with Gasteiger partial charge in [0.1, 0.15) is 17.5 Å². The maximum absolute atomic E-state index is 9.99. The van der Waals surface area contributed by atoms with Crippen LogP contribution in [0.1, 0.15) is 31.3 Å². The van der Waals surface area contributed by atoms with Crippen molar-refractivity contribution in [3.63, 3.8) is 0 Å². The van der Waals surface area contributed by atoms with Gasteiger partial charge < -0.3 is 9.63 Å². The Labute approximate surface area is 138 Å². The summed E-state index contributed by atoms with van der Waals surface area (Å²) in [6.45, 7) is 4.29. The molecule has 1 N–H and O–H groups in total. The Kier molecular flexibility index (Phi) is 4.45. The lowest BCUT2D eigenvalue weighted by atomic mass is 10.1. The zero-order valence-corrected chi connectivity index (χ0v) is 13.6. The van der Waals surface area contributed by atoms with Crippen LogP contribution < -0.4 is 0 Å². The van der Waals surface area contributed by atoms with E-state index in [-0.39, 0.29) is 5.92 Å². The third kappa shape index (κ3) is 3.60. The van der Waals surface area contributed by atoms with Crippen LogP contribution >= 0.6 is 11.6 Å². The summed E-state index contributed by atoms with van der Waals surface area (Å²) in [7, 11) is 0. The summed E-state index contributed by atoms with van der Waals surface area (Å²) < 4.78 is 6.98. The Morgan fingerprint density at radius 1 is 1.26 bits per heavy atom. The van der Waals surface area contributed by atoms with Gasteiger partial charge in [0.05, 0.1) is 12.7 Å². The first-order valence-corrected chi connectivity index (χ1v) is 7.70. The smallest absolute Gasteiger partial charge is 0.167 e. The molecule has 0 amide bonds. The van der Waals surface area contributed by atoms with Crippen LogP contribution in [0.4, 0.5) is 0 Å². The van der Waals surface area contributed by atoms with Gasteiger partial charge in [-0.2, -0.15) is 0 Å². The minimum Gasteiger partial charge on any atom is -0.386 e. The Bertz CT molecular complexity index is 779. The van der Waals surface area contributed by atoms with E-state index in [1.165, 1.54) is 0 Å². The first kappa shape index (κ1) is 15.7. The van der Waals surface area contributed by atoms with Gasteiger partial charge in [-0.25, -0.2) is 4.68 Å². The highest BCUT2D eigenvalue weighted by atomic mass is 35.5. The number of benzene rings is 1. The highest BCUT2D eigenvalue weighted by Gasteiger charge is 2.16. The second kappa shape index (κ2) is 6.52. The molecule has 2 aromatic heterocycles. The van der Waals surface area contributed by atoms with Crippen LogP contribution in [-0.2, 0) is 6.54 Å². The molecule has 120 valence electrons. The minimum absolute atomic E-state index is 0.0868. The minimum atomic E-state index is -0.620. The molecule has 3 rings (SSSR count). The number of hydrogen-bond acceptors (Lipinski definition) is 5. The standard InChI is InChI=1S/C16H17ClN4O2/c1-10(2)16(22)14-9-21(20-18-14)8-13-7-15(23-19-13)11-3-5-12(17)6-4-11/h3-7,9-10,16,22H,8H2,1-2H3/t16-/m1/s1. The van der Waals surface area contributed by atoms with Crippen LogP contribution in [0.5, 0.6) is 0 Å². The molecule has 1 atom stereocenters. The molecule has 0 saturated heterocycles. The molecule has 0 spiro atoms. The average Bonchev–Trinajstić information content (AvgIpc) is 3.17. The molecule has 0 fully saturated rings. The van der Waals surface area contributed by atoms with E-state index in [0.29, 0.717) is 23.0 Å². The van der Waals surface area contributed by atoms with Gasteiger partial charge in [0.2, 0.25) is 0 Å². The third-order valence-corrected chi connectivity index (χ3v) is 3.75. The zero-order valence-electron chi connectivity index (χ0n) is 12.8. The quantitative estimate of drug-likeness (QED) is 0.775. The number of aliphatic hydroxyl groups is 1. The molecule has 7 heteroatoms. The van der Waals surface area contributed by atoms with E-state index in [4.69, 9.17) is 16.1 Å². The average molecular weight is 333 g/mol. The van der Waals surface area contributed by atoms with Crippen molar-refractivity contribution < 1.29 is 9.63 Å². The summed E-state index contributed by atoms with van der Waals surface area (Å²) >= 11 is 5.88. The number of hydrogen-bond donors (Lipinski definition) is 1. The van der Waals surface area contributed by atoms with Crippen LogP contribution in [-0.4, -0.2) is 25.3 Å². The molecule has 0 aliphatic carbocycles. The fourth-order valence-corrected chi connectivity index (χ4v) is 2.30. The Balaban J connectivity index is 1.73. The number of aliphatic hydroxyl groups excluding tert-OH is 1. The van der Waals surface area contributed by atoms with E-state index >= 15 is 0 Å². The third-order valence-electron chi connectivity index (χ3n) is 3.50. The molecule has 0 bridgehead atoms. The molecule has 0 saturated carbocycles. The van der Waals surface area contributed by atoms with Gasteiger partial charge in [-0.05, 0) is 30.2 Å². The number of halogens is 1. The van der Waals surface area contributed by atoms with Crippen LogP contribution in [0.25, 0.3) is 11.3 Å². The Hall–Kier alpha value is -2.18. The normalized spacial score (nSPS) is 12.7. The van der Waals surface area contributed by atoms with Crippen molar-refractivity contribution in [3.8, 4) is 11.3 Å². The molecule has 6 nitrogen and oxygen atoms in total. The number of nitrogens with zero attached hydrogens (tertiary/aromatic N) is 4. The van der Waals surface area contributed by atoms with Gasteiger partial charge >= 0.3 is 0 Å². The lowest BCUT2D eigenvalue weighted by molar-refractivity contribution is 0.122. The van der Waals surface area contributed by atoms with Gasteiger partial charge in [-0.1, -0.05) is 35.8 Å². The zero-order chi connectivity index (χ0) is 16.4. The first-order valence-electron chi connectivity index (χ1n) is 7.32. The van der Waals surface area contributed by atoms with Crippen molar-refractivity contribution in [2.24, 2.45) is 5.92 Å². The van der Waals surface area contributed by atoms with Gasteiger partial charge in [-0.15, -0.1) is 5.10 Å². The second-order valence-electron chi connectivity index (χ2n) is 5.72. The molecule has 0 unspecified atom stereocenters. The fraction of sp³-hybridized carbons (Fsp3) is 0.312. The van der Waals surface area contributed by atoms with Crippen molar-refractivity contribution in [2.45, 2.75) is 26.5 Å². The van der Waals surface area contributed by atoms with Crippen LogP contribution in [0.15, 0.2) is 41.1 Å². The molecular weight excluding hydrogens is 316 g/mol. The molecule has 2 heterocycles. The molecule has 0 aliphatic heterocycles. The summed E-state index contributed by atoms with van der Waals surface area (Å²) in [4.78, 5) is 0. The van der Waals surface area contributed by atoms with E-state index in [0.717, 1.165) is 11.3 Å². The van der Waals surface area contributed by atoms with Crippen LogP contribution in [0, 0.1) is 5.92 Å². The number of rotatable bonds is 5. The van der Waals surface area contributed by atoms with Gasteiger partial charge in [0.25, 0.3) is 0 Å². The summed E-state index contributed by atoms with van der Waals surface area (Å²) in [5.41, 5.74) is 2.19. The predicted octanol–water partition coefficient (Wildman–Crippen LogP) is 3.32. The highest BCUT2D eigenvalue weighted by molar-refractivity contribution is 6.30. The first-order chi connectivity index (χ1) is 11.0. The Morgan fingerprint density at radius 3 is 2.70 bits per heavy atom. The Morgan fingerprint density at radius 2 is 2.00 bits per heavy atom. The largest absolute Gasteiger partial charge is 0.386 e. The lowest BCUT2D eigenvalue weighted by Gasteiger charge is -2.09. The summed E-state index contributed by atoms with van der Waals surface area (Å²) in [6.07, 6.45) is 1.10. The van der Waals surface area contributed by atoms with Gasteiger partial charge in [0.15, 0.2) is 5.76 Å². The maximum Gasteiger partial charge on any atom is 0.167 e. The summed E-state index contributed by atoms with van der Waals surface area (Å²) in [5, 5.41) is 22.7. The van der Waals surface area contributed by atoms with Crippen molar-refractivity contribution in [2.75, 3.05) is 0 Å². The predicted molar refractivity (Wildman–Crippen MR) is 85.9 cm³/mol. The van der Waals surface area contributed by atoms with E-state index in [1.54, 1.807) is 23.0 Å². The van der Waals surface area contributed by atoms with Gasteiger partial charge in [0, 0.05) is 16.7 Å². The topological polar surface area (TPSA) is 77.0 Å². The van der Waals surface area contributed by atoms with Crippen molar-refractivity contribution in [1.82, 2.24) is 20.2 Å². The number of aromatic nitrogens is 4. The SMILES string of the molecule is CC(C)[C@@H](O)c1cn(Cc2cc(-c3ccc(Cl)cc3)on2)nn1. The van der Waals surface area contributed by atoms with Gasteiger partial charge in [-0.3, -0.25) is 0 Å². The molecule has 3 aromatic rings. The van der Waals surface area contributed by atoms with Crippen molar-refractivity contribution in [1.29, 1.82) is 0 Å². The van der Waals surface area contributed by atoms with E-state index in [9.17, 15) is 5.11 Å².